The fraction of sp³-hybridized carbons (Fsp3) is 0.533. The van der Waals surface area contributed by atoms with Crippen molar-refractivity contribution in [1.29, 1.82) is 0 Å². The molecule has 1 aromatic rings. The summed E-state index contributed by atoms with van der Waals surface area (Å²) in [6.45, 7) is 1.85. The van der Waals surface area contributed by atoms with Gasteiger partial charge in [-0.25, -0.2) is 4.79 Å². The van der Waals surface area contributed by atoms with Crippen LogP contribution in [0.3, 0.4) is 0 Å². The van der Waals surface area contributed by atoms with Crippen molar-refractivity contribution < 1.29 is 32.9 Å². The molecule has 126 valence electrons. The summed E-state index contributed by atoms with van der Waals surface area (Å²) in [6, 6.07) is 4.77. The predicted molar refractivity (Wildman–Crippen MR) is 74.5 cm³/mol. The normalized spacial score (nSPS) is 20.6. The molecule has 0 saturated carbocycles. The molecule has 8 heteroatoms. The van der Waals surface area contributed by atoms with Crippen LogP contribution in [-0.4, -0.2) is 48.1 Å². The second kappa shape index (κ2) is 6.29. The Bertz CT molecular complexity index is 587. The lowest BCUT2D eigenvalue weighted by Crippen LogP contribution is -2.37. The quantitative estimate of drug-likeness (QED) is 0.892. The monoisotopic (exact) mass is 329 g/mol. The van der Waals surface area contributed by atoms with Gasteiger partial charge in [0.2, 0.25) is 0 Å². The van der Waals surface area contributed by atoms with Crippen LogP contribution in [0.4, 0.5) is 8.78 Å². The van der Waals surface area contributed by atoms with Gasteiger partial charge in [0.25, 0.3) is 0 Å². The Morgan fingerprint density at radius 1 is 1.30 bits per heavy atom. The highest BCUT2D eigenvalue weighted by Gasteiger charge is 2.43. The van der Waals surface area contributed by atoms with Crippen molar-refractivity contribution in [2.24, 2.45) is 0 Å². The van der Waals surface area contributed by atoms with Crippen LogP contribution in [0.1, 0.15) is 18.4 Å². The molecule has 0 aromatic heterocycles. The topological polar surface area (TPSA) is 68.2 Å². The summed E-state index contributed by atoms with van der Waals surface area (Å²) in [6.07, 6.45) is -2.15. The molecule has 1 N–H and O–H groups in total. The SMILES string of the molecule is O=C(O)COC1CCN(Cc2ccc3c(c2)OC(F)(F)O3)CC1. The Morgan fingerprint density at radius 2 is 2.00 bits per heavy atom. The lowest BCUT2D eigenvalue weighted by Gasteiger charge is -2.31. The van der Waals surface area contributed by atoms with E-state index in [-0.39, 0.29) is 24.2 Å². The van der Waals surface area contributed by atoms with E-state index in [1.165, 1.54) is 6.07 Å². The minimum absolute atomic E-state index is 0.0412. The highest BCUT2D eigenvalue weighted by atomic mass is 19.3. The Balaban J connectivity index is 1.51. The van der Waals surface area contributed by atoms with Gasteiger partial charge >= 0.3 is 12.3 Å². The molecule has 0 bridgehead atoms. The van der Waals surface area contributed by atoms with E-state index in [0.717, 1.165) is 31.5 Å². The van der Waals surface area contributed by atoms with Gasteiger partial charge in [-0.1, -0.05) is 6.07 Å². The number of carboxylic acid groups (broad SMARTS) is 1. The molecule has 0 spiro atoms. The maximum atomic E-state index is 13.0. The van der Waals surface area contributed by atoms with E-state index in [4.69, 9.17) is 9.84 Å². The third-order valence-corrected chi connectivity index (χ3v) is 3.85. The van der Waals surface area contributed by atoms with Gasteiger partial charge in [0.15, 0.2) is 11.5 Å². The molecule has 2 aliphatic heterocycles. The van der Waals surface area contributed by atoms with Gasteiger partial charge < -0.3 is 19.3 Å². The first kappa shape index (κ1) is 15.9. The molecule has 0 atom stereocenters. The van der Waals surface area contributed by atoms with Crippen molar-refractivity contribution in [1.82, 2.24) is 4.90 Å². The number of nitrogens with zero attached hydrogens (tertiary/aromatic N) is 1. The van der Waals surface area contributed by atoms with Crippen molar-refractivity contribution in [2.75, 3.05) is 19.7 Å². The number of halogens is 2. The maximum absolute atomic E-state index is 13.0. The number of aliphatic carboxylic acids is 1. The van der Waals surface area contributed by atoms with Crippen LogP contribution >= 0.6 is 0 Å². The lowest BCUT2D eigenvalue weighted by atomic mass is 10.1. The van der Waals surface area contributed by atoms with E-state index < -0.39 is 12.3 Å². The largest absolute Gasteiger partial charge is 0.586 e. The minimum atomic E-state index is -3.60. The zero-order valence-corrected chi connectivity index (χ0v) is 12.3. The molecule has 1 aromatic carbocycles. The first-order valence-corrected chi connectivity index (χ1v) is 7.36. The average molecular weight is 329 g/mol. The minimum Gasteiger partial charge on any atom is -0.480 e. The standard InChI is InChI=1S/C15H17F2NO5/c16-15(17)22-12-2-1-10(7-13(12)23-15)8-18-5-3-11(4-6-18)21-9-14(19)20/h1-2,7,11H,3-6,8-9H2,(H,19,20). The molecular formula is C15H17F2NO5. The van der Waals surface area contributed by atoms with E-state index in [1.54, 1.807) is 12.1 Å². The Labute approximate surface area is 131 Å². The highest BCUT2D eigenvalue weighted by molar-refractivity contribution is 5.68. The molecule has 23 heavy (non-hydrogen) atoms. The van der Waals surface area contributed by atoms with Crippen molar-refractivity contribution in [3.63, 3.8) is 0 Å². The Hall–Kier alpha value is -1.93. The fourth-order valence-corrected chi connectivity index (χ4v) is 2.77. The molecule has 1 fully saturated rings. The van der Waals surface area contributed by atoms with Crippen molar-refractivity contribution in [2.45, 2.75) is 31.8 Å². The number of rotatable bonds is 5. The smallest absolute Gasteiger partial charge is 0.480 e. The summed E-state index contributed by atoms with van der Waals surface area (Å²) in [5.74, 6) is -0.878. The Kier molecular flexibility index (Phi) is 4.36. The number of carboxylic acids is 1. The second-order valence-electron chi connectivity index (χ2n) is 5.63. The summed E-state index contributed by atoms with van der Waals surface area (Å²) in [4.78, 5) is 12.6. The van der Waals surface area contributed by atoms with Crippen LogP contribution in [0.2, 0.25) is 0 Å². The van der Waals surface area contributed by atoms with Crippen LogP contribution in [0.15, 0.2) is 18.2 Å². The molecule has 1 saturated heterocycles. The second-order valence-corrected chi connectivity index (χ2v) is 5.63. The number of carbonyl (C=O) groups is 1. The van der Waals surface area contributed by atoms with Gasteiger partial charge in [0, 0.05) is 19.6 Å². The maximum Gasteiger partial charge on any atom is 0.586 e. The average Bonchev–Trinajstić information content (AvgIpc) is 2.79. The van der Waals surface area contributed by atoms with Gasteiger partial charge in [-0.05, 0) is 30.5 Å². The number of hydrogen-bond donors (Lipinski definition) is 1. The zero-order valence-electron chi connectivity index (χ0n) is 12.3. The first-order chi connectivity index (χ1) is 10.9. The number of alkyl halides is 2. The third-order valence-electron chi connectivity index (χ3n) is 3.85. The molecule has 0 amide bonds. The van der Waals surface area contributed by atoms with Crippen molar-refractivity contribution in [3.8, 4) is 11.5 Å². The summed E-state index contributed by atoms with van der Waals surface area (Å²) < 4.78 is 40.1. The van der Waals surface area contributed by atoms with E-state index in [2.05, 4.69) is 14.4 Å². The number of hydrogen-bond acceptors (Lipinski definition) is 5. The van der Waals surface area contributed by atoms with Crippen LogP contribution < -0.4 is 9.47 Å². The highest BCUT2D eigenvalue weighted by Crippen LogP contribution is 2.41. The summed E-state index contributed by atoms with van der Waals surface area (Å²) in [5, 5.41) is 8.59. The van der Waals surface area contributed by atoms with E-state index in [0.29, 0.717) is 6.54 Å². The number of fused-ring (bicyclic) bond motifs is 1. The van der Waals surface area contributed by atoms with E-state index in [9.17, 15) is 13.6 Å². The molecule has 0 aliphatic carbocycles. The summed E-state index contributed by atoms with van der Waals surface area (Å²) in [7, 11) is 0. The van der Waals surface area contributed by atoms with Crippen molar-refractivity contribution in [3.05, 3.63) is 23.8 Å². The molecule has 2 aliphatic rings. The van der Waals surface area contributed by atoms with E-state index in [1.807, 2.05) is 0 Å². The van der Waals surface area contributed by atoms with Crippen LogP contribution in [0.5, 0.6) is 11.5 Å². The summed E-state index contributed by atoms with van der Waals surface area (Å²) in [5.41, 5.74) is 0.856. The van der Waals surface area contributed by atoms with Gasteiger partial charge in [-0.3, -0.25) is 4.90 Å². The van der Waals surface area contributed by atoms with Gasteiger partial charge in [-0.15, -0.1) is 8.78 Å². The lowest BCUT2D eigenvalue weighted by molar-refractivity contribution is -0.286. The predicted octanol–water partition coefficient (Wildman–Crippen LogP) is 2.07. The number of benzene rings is 1. The first-order valence-electron chi connectivity index (χ1n) is 7.36. The molecular weight excluding hydrogens is 312 g/mol. The third kappa shape index (κ3) is 4.08. The van der Waals surface area contributed by atoms with Gasteiger partial charge in [0.05, 0.1) is 6.10 Å². The number of piperidine rings is 1. The fourth-order valence-electron chi connectivity index (χ4n) is 2.77. The molecule has 6 nitrogen and oxygen atoms in total. The van der Waals surface area contributed by atoms with Crippen molar-refractivity contribution >= 4 is 5.97 Å². The van der Waals surface area contributed by atoms with Crippen LogP contribution in [0.25, 0.3) is 0 Å². The molecule has 2 heterocycles. The molecule has 0 radical (unpaired) electrons. The molecule has 0 unspecified atom stereocenters. The Morgan fingerprint density at radius 3 is 2.70 bits per heavy atom. The van der Waals surface area contributed by atoms with Gasteiger partial charge in [-0.2, -0.15) is 0 Å². The van der Waals surface area contributed by atoms with Gasteiger partial charge in [0.1, 0.15) is 6.61 Å². The molecule has 3 rings (SSSR count). The van der Waals surface area contributed by atoms with Crippen LogP contribution in [-0.2, 0) is 16.1 Å². The zero-order chi connectivity index (χ0) is 16.4. The van der Waals surface area contributed by atoms with Crippen LogP contribution in [0, 0.1) is 0 Å². The summed E-state index contributed by atoms with van der Waals surface area (Å²) >= 11 is 0. The van der Waals surface area contributed by atoms with E-state index >= 15 is 0 Å². The number of ether oxygens (including phenoxy) is 3. The number of likely N-dealkylation sites (tertiary alicyclic amines) is 1.